The zero-order valence-electron chi connectivity index (χ0n) is 9.63. The lowest BCUT2D eigenvalue weighted by Crippen LogP contribution is -2.28. The number of aliphatic hydroxyl groups is 1. The quantitative estimate of drug-likeness (QED) is 0.590. The Kier molecular flexibility index (Phi) is 5.88. The fraction of sp³-hybridized carbons (Fsp3) is 0.417. The number of hydrogen-bond donors (Lipinski definition) is 2. The Bertz CT molecular complexity index is 352. The molecule has 1 unspecified atom stereocenters. The molecule has 0 bridgehead atoms. The summed E-state index contributed by atoms with van der Waals surface area (Å²) >= 11 is 0. The first-order chi connectivity index (χ1) is 7.99. The van der Waals surface area contributed by atoms with Gasteiger partial charge in [-0.1, -0.05) is 39.8 Å². The molecule has 0 aliphatic carbocycles. The number of aliphatic carboxylic acids is 1. The molecule has 0 aromatic heterocycles. The molecule has 1 aromatic carbocycles. The minimum absolute atomic E-state index is 0.205. The van der Waals surface area contributed by atoms with Gasteiger partial charge in [-0.3, -0.25) is 4.79 Å². The van der Waals surface area contributed by atoms with Crippen molar-refractivity contribution in [1.29, 1.82) is 0 Å². The second-order valence-corrected chi connectivity index (χ2v) is 6.52. The smallest absolute Gasteiger partial charge is 0.306 e. The largest absolute Gasteiger partial charge is 0.481 e. The van der Waals surface area contributed by atoms with E-state index in [-0.39, 0.29) is 6.42 Å². The SMILES string of the molecule is CC(O)(CCSSc1ccccc1)CC(=O)O. The van der Waals surface area contributed by atoms with Crippen LogP contribution in [0.4, 0.5) is 0 Å². The third kappa shape index (κ3) is 6.61. The second kappa shape index (κ2) is 6.93. The van der Waals surface area contributed by atoms with Gasteiger partial charge >= 0.3 is 5.97 Å². The van der Waals surface area contributed by atoms with E-state index in [9.17, 15) is 9.90 Å². The summed E-state index contributed by atoms with van der Waals surface area (Å²) in [6, 6.07) is 9.96. The summed E-state index contributed by atoms with van der Waals surface area (Å²) in [5, 5.41) is 18.4. The van der Waals surface area contributed by atoms with Gasteiger partial charge in [-0.15, -0.1) is 0 Å². The minimum atomic E-state index is -1.11. The van der Waals surface area contributed by atoms with Gasteiger partial charge in [0.25, 0.3) is 0 Å². The molecule has 2 N–H and O–H groups in total. The van der Waals surface area contributed by atoms with E-state index < -0.39 is 11.6 Å². The second-order valence-electron chi connectivity index (χ2n) is 4.04. The van der Waals surface area contributed by atoms with Crippen LogP contribution in [0.25, 0.3) is 0 Å². The highest BCUT2D eigenvalue weighted by molar-refractivity contribution is 8.76. The van der Waals surface area contributed by atoms with E-state index >= 15 is 0 Å². The molecule has 0 saturated carbocycles. The molecule has 0 heterocycles. The molecular weight excluding hydrogens is 256 g/mol. The van der Waals surface area contributed by atoms with Gasteiger partial charge in [-0.2, -0.15) is 0 Å². The average Bonchev–Trinajstić information content (AvgIpc) is 2.24. The van der Waals surface area contributed by atoms with Crippen molar-refractivity contribution in [1.82, 2.24) is 0 Å². The van der Waals surface area contributed by atoms with E-state index in [1.54, 1.807) is 28.5 Å². The summed E-state index contributed by atoms with van der Waals surface area (Å²) < 4.78 is 0. The monoisotopic (exact) mass is 272 g/mol. The van der Waals surface area contributed by atoms with Crippen LogP contribution in [0.2, 0.25) is 0 Å². The molecule has 1 atom stereocenters. The normalized spacial score (nSPS) is 14.2. The number of rotatable bonds is 7. The number of carboxylic acids is 1. The Morgan fingerprint density at radius 1 is 1.35 bits per heavy atom. The molecule has 1 rings (SSSR count). The molecule has 0 aliphatic rings. The van der Waals surface area contributed by atoms with Crippen molar-refractivity contribution in [2.75, 3.05) is 5.75 Å². The predicted molar refractivity (Wildman–Crippen MR) is 72.3 cm³/mol. The van der Waals surface area contributed by atoms with E-state index in [1.807, 2.05) is 30.3 Å². The van der Waals surface area contributed by atoms with Gasteiger partial charge < -0.3 is 10.2 Å². The van der Waals surface area contributed by atoms with Crippen LogP contribution < -0.4 is 0 Å². The summed E-state index contributed by atoms with van der Waals surface area (Å²) in [5.74, 6) is -0.240. The van der Waals surface area contributed by atoms with Crippen LogP contribution in [0.3, 0.4) is 0 Å². The standard InChI is InChI=1S/C12H16O3S2/c1-12(15,9-11(13)14)7-8-16-17-10-5-3-2-4-6-10/h2-6,15H,7-9H2,1H3,(H,13,14). The van der Waals surface area contributed by atoms with E-state index in [0.29, 0.717) is 6.42 Å². The molecule has 3 nitrogen and oxygen atoms in total. The first-order valence-corrected chi connectivity index (χ1v) is 7.60. The number of benzene rings is 1. The summed E-state index contributed by atoms with van der Waals surface area (Å²) in [4.78, 5) is 11.7. The highest BCUT2D eigenvalue weighted by atomic mass is 33.1. The molecule has 0 aliphatic heterocycles. The molecule has 0 fully saturated rings. The molecule has 17 heavy (non-hydrogen) atoms. The fourth-order valence-electron chi connectivity index (χ4n) is 1.26. The summed E-state index contributed by atoms with van der Waals surface area (Å²) in [5.41, 5.74) is -1.11. The van der Waals surface area contributed by atoms with Crippen molar-refractivity contribution in [3.05, 3.63) is 30.3 Å². The zero-order chi connectivity index (χ0) is 12.7. The van der Waals surface area contributed by atoms with Crippen LogP contribution in [0.15, 0.2) is 35.2 Å². The van der Waals surface area contributed by atoms with Crippen LogP contribution in [0.1, 0.15) is 19.8 Å². The van der Waals surface area contributed by atoms with Gasteiger partial charge in [-0.05, 0) is 25.5 Å². The van der Waals surface area contributed by atoms with E-state index in [4.69, 9.17) is 5.11 Å². The average molecular weight is 272 g/mol. The van der Waals surface area contributed by atoms with Crippen molar-refractivity contribution in [2.45, 2.75) is 30.3 Å². The van der Waals surface area contributed by atoms with Crippen molar-refractivity contribution in [3.63, 3.8) is 0 Å². The third-order valence-electron chi connectivity index (χ3n) is 2.15. The van der Waals surface area contributed by atoms with Gasteiger partial charge in [0.15, 0.2) is 0 Å². The lowest BCUT2D eigenvalue weighted by Gasteiger charge is -2.20. The number of carboxylic acid groups (broad SMARTS) is 1. The fourth-order valence-corrected chi connectivity index (χ4v) is 3.51. The molecule has 0 spiro atoms. The van der Waals surface area contributed by atoms with Crippen LogP contribution in [0.5, 0.6) is 0 Å². The maximum absolute atomic E-state index is 10.5. The Balaban J connectivity index is 2.22. The summed E-state index contributed by atoms with van der Waals surface area (Å²) in [6.45, 7) is 1.56. The molecule has 0 radical (unpaired) electrons. The molecule has 94 valence electrons. The summed E-state index contributed by atoms with van der Waals surface area (Å²) in [6.07, 6.45) is 0.271. The lowest BCUT2D eigenvalue weighted by molar-refractivity contribution is -0.141. The van der Waals surface area contributed by atoms with Crippen molar-refractivity contribution < 1.29 is 15.0 Å². The number of hydrogen-bond acceptors (Lipinski definition) is 4. The minimum Gasteiger partial charge on any atom is -0.481 e. The van der Waals surface area contributed by atoms with E-state index in [0.717, 1.165) is 10.6 Å². The van der Waals surface area contributed by atoms with Gasteiger partial charge in [0.05, 0.1) is 12.0 Å². The maximum Gasteiger partial charge on any atom is 0.306 e. The Hall–Kier alpha value is -0.650. The van der Waals surface area contributed by atoms with Crippen molar-refractivity contribution in [3.8, 4) is 0 Å². The summed E-state index contributed by atoms with van der Waals surface area (Å²) in [7, 11) is 3.26. The topological polar surface area (TPSA) is 57.5 Å². The highest BCUT2D eigenvalue weighted by Crippen LogP contribution is 2.32. The Labute approximate surface area is 109 Å². The maximum atomic E-state index is 10.5. The van der Waals surface area contributed by atoms with Crippen LogP contribution in [0, 0.1) is 0 Å². The Morgan fingerprint density at radius 2 is 2.00 bits per heavy atom. The van der Waals surface area contributed by atoms with Crippen molar-refractivity contribution >= 4 is 27.6 Å². The lowest BCUT2D eigenvalue weighted by atomic mass is 10.00. The van der Waals surface area contributed by atoms with Gasteiger partial charge in [0.1, 0.15) is 0 Å². The van der Waals surface area contributed by atoms with Crippen molar-refractivity contribution in [2.24, 2.45) is 0 Å². The Morgan fingerprint density at radius 3 is 2.59 bits per heavy atom. The third-order valence-corrected chi connectivity index (χ3v) is 4.54. The molecular formula is C12H16O3S2. The van der Waals surface area contributed by atoms with Gasteiger partial charge in [0.2, 0.25) is 0 Å². The zero-order valence-corrected chi connectivity index (χ0v) is 11.3. The molecule has 5 heteroatoms. The first kappa shape index (κ1) is 14.4. The van der Waals surface area contributed by atoms with Crippen LogP contribution >= 0.6 is 21.6 Å². The van der Waals surface area contributed by atoms with Gasteiger partial charge in [-0.25, -0.2) is 0 Å². The number of carbonyl (C=O) groups is 1. The van der Waals surface area contributed by atoms with E-state index in [1.165, 1.54) is 0 Å². The van der Waals surface area contributed by atoms with Crippen LogP contribution in [-0.4, -0.2) is 27.5 Å². The molecule has 0 amide bonds. The van der Waals surface area contributed by atoms with Gasteiger partial charge in [0, 0.05) is 10.6 Å². The van der Waals surface area contributed by atoms with Crippen LogP contribution in [-0.2, 0) is 4.79 Å². The first-order valence-electron chi connectivity index (χ1n) is 5.28. The predicted octanol–water partition coefficient (Wildman–Crippen LogP) is 3.04. The molecule has 1 aromatic rings. The highest BCUT2D eigenvalue weighted by Gasteiger charge is 2.23. The van der Waals surface area contributed by atoms with E-state index in [2.05, 4.69) is 0 Å². The molecule has 0 saturated heterocycles.